The first-order chi connectivity index (χ1) is 12.9. The van der Waals surface area contributed by atoms with Gasteiger partial charge in [-0.15, -0.1) is 0 Å². The Morgan fingerprint density at radius 3 is 2.70 bits per heavy atom. The molecule has 0 bridgehead atoms. The van der Waals surface area contributed by atoms with Gasteiger partial charge in [0.2, 0.25) is 0 Å². The van der Waals surface area contributed by atoms with Crippen molar-refractivity contribution in [2.24, 2.45) is 28.6 Å². The molecule has 4 aliphatic rings. The summed E-state index contributed by atoms with van der Waals surface area (Å²) in [5.74, 6) is 2.71. The summed E-state index contributed by atoms with van der Waals surface area (Å²) in [5, 5.41) is 0. The molecule has 0 spiro atoms. The summed E-state index contributed by atoms with van der Waals surface area (Å²) < 4.78 is 0. The minimum atomic E-state index is 0.263. The smallest absolute Gasteiger partial charge is 0.158 e. The number of aromatic nitrogens is 1. The Hall–Kier alpha value is -1.70. The predicted molar refractivity (Wildman–Crippen MR) is 109 cm³/mol. The van der Waals surface area contributed by atoms with Gasteiger partial charge in [-0.3, -0.25) is 9.78 Å². The Morgan fingerprint density at radius 1 is 1.07 bits per heavy atom. The average Bonchev–Trinajstić information content (AvgIpc) is 3.03. The number of rotatable bonds is 1. The van der Waals surface area contributed by atoms with Gasteiger partial charge in [-0.1, -0.05) is 31.6 Å². The molecule has 1 heterocycles. The molecule has 0 aliphatic heterocycles. The molecule has 1 aromatic heterocycles. The fourth-order valence-corrected chi connectivity index (χ4v) is 7.52. The molecule has 2 nitrogen and oxygen atoms in total. The third kappa shape index (κ3) is 2.31. The summed E-state index contributed by atoms with van der Waals surface area (Å²) in [6.45, 7) is 7.10. The van der Waals surface area contributed by atoms with Crippen molar-refractivity contribution in [3.63, 3.8) is 0 Å². The Kier molecular flexibility index (Phi) is 3.80. The maximum absolute atomic E-state index is 12.3. The summed E-state index contributed by atoms with van der Waals surface area (Å²) in [7, 11) is 0. The van der Waals surface area contributed by atoms with Crippen LogP contribution in [0.3, 0.4) is 0 Å². The highest BCUT2D eigenvalue weighted by molar-refractivity contribution is 5.96. The normalized spacial score (nSPS) is 40.9. The molecular formula is C25H31NO. The lowest BCUT2D eigenvalue weighted by atomic mass is 9.46. The van der Waals surface area contributed by atoms with Crippen LogP contribution in [0.2, 0.25) is 0 Å². The topological polar surface area (TPSA) is 30.0 Å². The van der Waals surface area contributed by atoms with Crippen molar-refractivity contribution in [3.8, 4) is 0 Å². The van der Waals surface area contributed by atoms with Crippen molar-refractivity contribution in [3.05, 3.63) is 47.3 Å². The molecule has 5 rings (SSSR count). The summed E-state index contributed by atoms with van der Waals surface area (Å²) in [6, 6.07) is 4.30. The van der Waals surface area contributed by atoms with Crippen LogP contribution in [0.1, 0.15) is 71.3 Å². The van der Waals surface area contributed by atoms with Crippen molar-refractivity contribution in [1.82, 2.24) is 4.98 Å². The quantitative estimate of drug-likeness (QED) is 0.614. The Balaban J connectivity index is 1.49. The summed E-state index contributed by atoms with van der Waals surface area (Å²) in [4.78, 5) is 16.7. The van der Waals surface area contributed by atoms with Crippen LogP contribution in [-0.4, -0.2) is 10.8 Å². The molecule has 0 aromatic carbocycles. The molecule has 5 unspecified atom stereocenters. The molecule has 0 saturated heterocycles. The van der Waals surface area contributed by atoms with E-state index >= 15 is 0 Å². The zero-order valence-electron chi connectivity index (χ0n) is 16.9. The number of hydrogen-bond donors (Lipinski definition) is 0. The van der Waals surface area contributed by atoms with Crippen LogP contribution in [0.5, 0.6) is 0 Å². The highest BCUT2D eigenvalue weighted by atomic mass is 16.1. The van der Waals surface area contributed by atoms with Gasteiger partial charge in [-0.2, -0.15) is 0 Å². The summed E-state index contributed by atoms with van der Waals surface area (Å²) in [5.41, 5.74) is 6.04. The van der Waals surface area contributed by atoms with Crippen LogP contribution in [0.4, 0.5) is 0 Å². The first kappa shape index (κ1) is 17.4. The highest BCUT2D eigenvalue weighted by Crippen LogP contribution is 2.67. The molecule has 2 fully saturated rings. The first-order valence-electron chi connectivity index (χ1n) is 10.8. The van der Waals surface area contributed by atoms with E-state index in [1.807, 2.05) is 12.4 Å². The van der Waals surface area contributed by atoms with Gasteiger partial charge in [0.05, 0.1) is 0 Å². The lowest BCUT2D eigenvalue weighted by Crippen LogP contribution is -2.50. The van der Waals surface area contributed by atoms with E-state index in [0.717, 1.165) is 42.6 Å². The van der Waals surface area contributed by atoms with Gasteiger partial charge in [0, 0.05) is 18.8 Å². The van der Waals surface area contributed by atoms with Crippen molar-refractivity contribution in [2.75, 3.05) is 0 Å². The van der Waals surface area contributed by atoms with Gasteiger partial charge in [0.15, 0.2) is 5.78 Å². The minimum Gasteiger partial charge on any atom is -0.295 e. The lowest BCUT2D eigenvalue weighted by molar-refractivity contribution is -0.118. The van der Waals surface area contributed by atoms with E-state index in [2.05, 4.69) is 44.0 Å². The van der Waals surface area contributed by atoms with Gasteiger partial charge in [-0.25, -0.2) is 0 Å². The summed E-state index contributed by atoms with van der Waals surface area (Å²) >= 11 is 0. The van der Waals surface area contributed by atoms with Crippen LogP contribution >= 0.6 is 0 Å². The number of nitrogens with zero attached hydrogens (tertiary/aromatic N) is 1. The Morgan fingerprint density at radius 2 is 1.93 bits per heavy atom. The van der Waals surface area contributed by atoms with E-state index < -0.39 is 0 Å². The number of Topliss-reactive ketones (excluding diaryl/α,β-unsaturated/α-hetero) is 1. The fourth-order valence-electron chi connectivity index (χ4n) is 7.52. The maximum Gasteiger partial charge on any atom is 0.158 e. The van der Waals surface area contributed by atoms with Gasteiger partial charge in [0.25, 0.3) is 0 Å². The first-order valence-corrected chi connectivity index (χ1v) is 10.8. The monoisotopic (exact) mass is 361 g/mol. The van der Waals surface area contributed by atoms with Gasteiger partial charge >= 0.3 is 0 Å². The zero-order chi connectivity index (χ0) is 18.8. The predicted octanol–water partition coefficient (Wildman–Crippen LogP) is 6.00. The number of hydrogen-bond acceptors (Lipinski definition) is 2. The molecule has 0 amide bonds. The number of carbonyl (C=O) groups excluding carboxylic acids is 1. The van der Waals surface area contributed by atoms with Crippen LogP contribution in [0, 0.1) is 28.6 Å². The average molecular weight is 362 g/mol. The van der Waals surface area contributed by atoms with Crippen LogP contribution in [0.15, 0.2) is 41.7 Å². The number of allylic oxidation sites excluding steroid dienone is 4. The van der Waals surface area contributed by atoms with Gasteiger partial charge < -0.3 is 0 Å². The minimum absolute atomic E-state index is 0.263. The van der Waals surface area contributed by atoms with Gasteiger partial charge in [-0.05, 0) is 96.8 Å². The molecule has 142 valence electrons. The SMILES string of the molecule is CC1=C2CCC3C4CC=C(c5cccnc5)C4(C)CCC3C2(C)CCC1=O. The van der Waals surface area contributed by atoms with E-state index in [4.69, 9.17) is 0 Å². The van der Waals surface area contributed by atoms with Crippen molar-refractivity contribution in [2.45, 2.75) is 65.7 Å². The molecule has 1 aromatic rings. The largest absolute Gasteiger partial charge is 0.295 e. The van der Waals surface area contributed by atoms with Crippen molar-refractivity contribution < 1.29 is 4.79 Å². The molecule has 4 aliphatic carbocycles. The molecule has 5 atom stereocenters. The Bertz CT molecular complexity index is 850. The second-order valence-electron chi connectivity index (χ2n) is 9.91. The number of fused-ring (bicyclic) bond motifs is 5. The number of pyridine rings is 1. The fraction of sp³-hybridized carbons (Fsp3) is 0.600. The summed E-state index contributed by atoms with van der Waals surface area (Å²) in [6.07, 6.45) is 14.5. The number of carbonyl (C=O) groups is 1. The molecule has 0 radical (unpaired) electrons. The standard InChI is InChI=1S/C25H31NO/c1-16-19-7-6-18-21-9-8-20(17-5-4-14-26-15-17)25(21,3)12-10-22(18)24(19,2)13-11-23(16)27/h4-5,8,14-15,18,21-22H,6-7,9-13H2,1-3H3. The van der Waals surface area contributed by atoms with Crippen LogP contribution in [0.25, 0.3) is 5.57 Å². The van der Waals surface area contributed by atoms with Crippen LogP contribution in [-0.2, 0) is 4.79 Å². The Labute approximate surface area is 163 Å². The zero-order valence-corrected chi connectivity index (χ0v) is 16.9. The van der Waals surface area contributed by atoms with E-state index in [-0.39, 0.29) is 5.41 Å². The van der Waals surface area contributed by atoms with Gasteiger partial charge in [0.1, 0.15) is 0 Å². The second kappa shape index (κ2) is 5.90. The molecule has 2 heteroatoms. The molecule has 27 heavy (non-hydrogen) atoms. The van der Waals surface area contributed by atoms with Crippen molar-refractivity contribution in [1.29, 1.82) is 0 Å². The highest BCUT2D eigenvalue weighted by Gasteiger charge is 2.57. The second-order valence-corrected chi connectivity index (χ2v) is 9.91. The molecular weight excluding hydrogens is 330 g/mol. The third-order valence-corrected chi connectivity index (χ3v) is 8.97. The van der Waals surface area contributed by atoms with E-state index in [1.54, 1.807) is 5.57 Å². The van der Waals surface area contributed by atoms with E-state index in [9.17, 15) is 4.79 Å². The number of ketones is 1. The lowest BCUT2D eigenvalue weighted by Gasteiger charge is -2.58. The van der Waals surface area contributed by atoms with E-state index in [1.165, 1.54) is 36.8 Å². The third-order valence-electron chi connectivity index (χ3n) is 8.97. The van der Waals surface area contributed by atoms with E-state index in [0.29, 0.717) is 11.2 Å². The maximum atomic E-state index is 12.3. The van der Waals surface area contributed by atoms with Crippen LogP contribution < -0.4 is 0 Å². The van der Waals surface area contributed by atoms with Crippen molar-refractivity contribution >= 4 is 11.4 Å². The molecule has 0 N–H and O–H groups in total. The molecule has 2 saturated carbocycles.